The lowest BCUT2D eigenvalue weighted by Gasteiger charge is -2.22. The van der Waals surface area contributed by atoms with Crippen molar-refractivity contribution in [1.82, 2.24) is 10.3 Å². The van der Waals surface area contributed by atoms with Crippen molar-refractivity contribution in [3.63, 3.8) is 0 Å². The maximum absolute atomic E-state index is 12.0. The Bertz CT molecular complexity index is 389. The second kappa shape index (κ2) is 5.63. The van der Waals surface area contributed by atoms with Crippen molar-refractivity contribution in [3.8, 4) is 5.75 Å². The number of ether oxygens (including phenoxy) is 1. The average molecular weight is 235 g/mol. The lowest BCUT2D eigenvalue weighted by atomic mass is 10.0. The van der Waals surface area contributed by atoms with Crippen LogP contribution < -0.4 is 15.4 Å². The number of hydrogen-bond acceptors (Lipinski definition) is 4. The van der Waals surface area contributed by atoms with Gasteiger partial charge in [-0.2, -0.15) is 0 Å². The van der Waals surface area contributed by atoms with Crippen LogP contribution in [0.3, 0.4) is 0 Å². The molecule has 0 unspecified atom stereocenters. The SMILES string of the molecule is COc1ccncc1NC(=O)[C@H]1CCCCN1. The van der Waals surface area contributed by atoms with Crippen molar-refractivity contribution in [2.45, 2.75) is 25.3 Å². The predicted molar refractivity (Wildman–Crippen MR) is 65.1 cm³/mol. The minimum absolute atomic E-state index is 0.0176. The van der Waals surface area contributed by atoms with Crippen molar-refractivity contribution >= 4 is 11.6 Å². The van der Waals surface area contributed by atoms with Crippen molar-refractivity contribution in [1.29, 1.82) is 0 Å². The van der Waals surface area contributed by atoms with Gasteiger partial charge >= 0.3 is 0 Å². The molecule has 5 heteroatoms. The highest BCUT2D eigenvalue weighted by Gasteiger charge is 2.21. The Morgan fingerprint density at radius 1 is 1.59 bits per heavy atom. The van der Waals surface area contributed by atoms with E-state index < -0.39 is 0 Å². The number of nitrogens with zero attached hydrogens (tertiary/aromatic N) is 1. The van der Waals surface area contributed by atoms with Gasteiger partial charge < -0.3 is 15.4 Å². The van der Waals surface area contributed by atoms with Crippen molar-refractivity contribution in [2.75, 3.05) is 19.0 Å². The highest BCUT2D eigenvalue weighted by molar-refractivity contribution is 5.95. The van der Waals surface area contributed by atoms with Crippen molar-refractivity contribution in [2.24, 2.45) is 0 Å². The fourth-order valence-electron chi connectivity index (χ4n) is 1.95. The summed E-state index contributed by atoms with van der Waals surface area (Å²) in [4.78, 5) is 16.0. The molecule has 0 bridgehead atoms. The molecule has 0 aromatic carbocycles. The summed E-state index contributed by atoms with van der Waals surface area (Å²) in [5.41, 5.74) is 0.618. The second-order valence-corrected chi connectivity index (χ2v) is 4.07. The normalized spacial score (nSPS) is 19.7. The monoisotopic (exact) mass is 235 g/mol. The quantitative estimate of drug-likeness (QED) is 0.825. The molecule has 1 aromatic heterocycles. The number of aromatic nitrogens is 1. The predicted octanol–water partition coefficient (Wildman–Crippen LogP) is 1.17. The summed E-state index contributed by atoms with van der Waals surface area (Å²) in [5, 5.41) is 6.05. The van der Waals surface area contributed by atoms with Gasteiger partial charge in [-0.3, -0.25) is 9.78 Å². The number of amides is 1. The van der Waals surface area contributed by atoms with Crippen LogP contribution in [0.4, 0.5) is 5.69 Å². The van der Waals surface area contributed by atoms with Crippen LogP contribution in [-0.2, 0) is 4.79 Å². The van der Waals surface area contributed by atoms with E-state index in [0.29, 0.717) is 11.4 Å². The van der Waals surface area contributed by atoms with Gasteiger partial charge in [-0.1, -0.05) is 6.42 Å². The summed E-state index contributed by atoms with van der Waals surface area (Å²) in [5.74, 6) is 0.611. The topological polar surface area (TPSA) is 63.2 Å². The number of carbonyl (C=O) groups excluding carboxylic acids is 1. The van der Waals surface area contributed by atoms with Gasteiger partial charge in [-0.05, 0) is 19.4 Å². The molecular formula is C12H17N3O2. The number of pyridine rings is 1. The van der Waals surface area contributed by atoms with E-state index in [1.807, 2.05) is 0 Å². The molecule has 0 aliphatic carbocycles. The molecule has 0 saturated carbocycles. The first kappa shape index (κ1) is 11.9. The summed E-state index contributed by atoms with van der Waals surface area (Å²) >= 11 is 0. The summed E-state index contributed by atoms with van der Waals surface area (Å²) in [6, 6.07) is 1.62. The first-order chi connectivity index (χ1) is 8.31. The molecule has 0 spiro atoms. The Morgan fingerprint density at radius 2 is 2.47 bits per heavy atom. The average Bonchev–Trinajstić information content (AvgIpc) is 2.40. The van der Waals surface area contributed by atoms with Gasteiger partial charge in [0.25, 0.3) is 0 Å². The van der Waals surface area contributed by atoms with Crippen LogP contribution >= 0.6 is 0 Å². The molecule has 1 amide bonds. The van der Waals surface area contributed by atoms with E-state index in [4.69, 9.17) is 4.74 Å². The van der Waals surface area contributed by atoms with Gasteiger partial charge in [0.05, 0.1) is 19.3 Å². The van der Waals surface area contributed by atoms with Gasteiger partial charge in [-0.25, -0.2) is 0 Å². The Morgan fingerprint density at radius 3 is 3.18 bits per heavy atom. The molecular weight excluding hydrogens is 218 g/mol. The number of carbonyl (C=O) groups is 1. The van der Waals surface area contributed by atoms with Gasteiger partial charge in [0, 0.05) is 12.3 Å². The van der Waals surface area contributed by atoms with Crippen LogP contribution in [0.1, 0.15) is 19.3 Å². The number of rotatable bonds is 3. The molecule has 5 nitrogen and oxygen atoms in total. The minimum Gasteiger partial charge on any atom is -0.494 e. The highest BCUT2D eigenvalue weighted by Crippen LogP contribution is 2.22. The van der Waals surface area contributed by atoms with E-state index in [2.05, 4.69) is 15.6 Å². The van der Waals surface area contributed by atoms with Gasteiger partial charge in [0.2, 0.25) is 5.91 Å². The molecule has 0 radical (unpaired) electrons. The van der Waals surface area contributed by atoms with Crippen LogP contribution in [0.25, 0.3) is 0 Å². The molecule has 2 heterocycles. The van der Waals surface area contributed by atoms with Crippen molar-refractivity contribution in [3.05, 3.63) is 18.5 Å². The van der Waals surface area contributed by atoms with Crippen LogP contribution in [-0.4, -0.2) is 30.6 Å². The largest absolute Gasteiger partial charge is 0.494 e. The summed E-state index contributed by atoms with van der Waals surface area (Å²) in [6.45, 7) is 0.905. The fourth-order valence-corrected chi connectivity index (χ4v) is 1.95. The van der Waals surface area contributed by atoms with Crippen LogP contribution in [0.5, 0.6) is 5.75 Å². The molecule has 2 N–H and O–H groups in total. The van der Waals surface area contributed by atoms with E-state index in [-0.39, 0.29) is 11.9 Å². The number of anilines is 1. The third kappa shape index (κ3) is 2.94. The Labute approximate surface area is 101 Å². The first-order valence-corrected chi connectivity index (χ1v) is 5.83. The van der Waals surface area contributed by atoms with Gasteiger partial charge in [0.15, 0.2) is 0 Å². The van der Waals surface area contributed by atoms with E-state index in [0.717, 1.165) is 25.8 Å². The molecule has 1 fully saturated rings. The molecule has 1 atom stereocenters. The zero-order valence-corrected chi connectivity index (χ0v) is 9.90. The molecule has 1 aromatic rings. The van der Waals surface area contributed by atoms with E-state index in [1.165, 1.54) is 0 Å². The zero-order valence-electron chi connectivity index (χ0n) is 9.90. The molecule has 1 aliphatic rings. The number of piperidine rings is 1. The Hall–Kier alpha value is -1.62. The second-order valence-electron chi connectivity index (χ2n) is 4.07. The molecule has 92 valence electrons. The molecule has 1 aliphatic heterocycles. The van der Waals surface area contributed by atoms with E-state index >= 15 is 0 Å². The van der Waals surface area contributed by atoms with E-state index in [9.17, 15) is 4.79 Å². The van der Waals surface area contributed by atoms with Crippen LogP contribution in [0.15, 0.2) is 18.5 Å². The molecule has 1 saturated heterocycles. The lowest BCUT2D eigenvalue weighted by Crippen LogP contribution is -2.43. The van der Waals surface area contributed by atoms with Gasteiger partial charge in [0.1, 0.15) is 11.4 Å². The number of methoxy groups -OCH3 is 1. The Balaban J connectivity index is 2.01. The van der Waals surface area contributed by atoms with Gasteiger partial charge in [-0.15, -0.1) is 0 Å². The first-order valence-electron chi connectivity index (χ1n) is 5.83. The third-order valence-corrected chi connectivity index (χ3v) is 2.89. The summed E-state index contributed by atoms with van der Waals surface area (Å²) < 4.78 is 5.16. The molecule has 17 heavy (non-hydrogen) atoms. The Kier molecular flexibility index (Phi) is 3.93. The van der Waals surface area contributed by atoms with E-state index in [1.54, 1.807) is 25.6 Å². The smallest absolute Gasteiger partial charge is 0.241 e. The number of hydrogen-bond donors (Lipinski definition) is 2. The lowest BCUT2D eigenvalue weighted by molar-refractivity contribution is -0.118. The summed E-state index contributed by atoms with van der Waals surface area (Å²) in [6.07, 6.45) is 6.34. The number of nitrogens with one attached hydrogen (secondary N) is 2. The van der Waals surface area contributed by atoms with Crippen LogP contribution in [0, 0.1) is 0 Å². The zero-order chi connectivity index (χ0) is 12.1. The molecule has 2 rings (SSSR count). The minimum atomic E-state index is -0.103. The third-order valence-electron chi connectivity index (χ3n) is 2.89. The maximum atomic E-state index is 12.0. The summed E-state index contributed by atoms with van der Waals surface area (Å²) in [7, 11) is 1.57. The highest BCUT2D eigenvalue weighted by atomic mass is 16.5. The van der Waals surface area contributed by atoms with Crippen LogP contribution in [0.2, 0.25) is 0 Å². The van der Waals surface area contributed by atoms with Crippen molar-refractivity contribution < 1.29 is 9.53 Å². The standard InChI is InChI=1S/C12H17N3O2/c1-17-11-5-7-13-8-10(11)15-12(16)9-4-2-3-6-14-9/h5,7-9,14H,2-4,6H2,1H3,(H,15,16)/t9-/m1/s1. The maximum Gasteiger partial charge on any atom is 0.241 e. The fraction of sp³-hybridized carbons (Fsp3) is 0.500.